The Labute approximate surface area is 918 Å². The average Bonchev–Trinajstić information content (AvgIpc) is 0.882. The number of rotatable bonds is 78. The van der Waals surface area contributed by atoms with E-state index < -0.39 is 162 Å². The van der Waals surface area contributed by atoms with Crippen molar-refractivity contribution in [3.8, 4) is 0 Å². The van der Waals surface area contributed by atoms with Gasteiger partial charge in [0.1, 0.15) is 112 Å². The first-order chi connectivity index (χ1) is 69.4. The second-order valence-electron chi connectivity index (χ2n) is 38.1. The largest absolute Gasteiger partial charge is 0.382 e. The van der Waals surface area contributed by atoms with E-state index in [0.717, 1.165) is 25.7 Å². The van der Waals surface area contributed by atoms with Crippen LogP contribution in [0.4, 0.5) is 17.6 Å². The summed E-state index contributed by atoms with van der Waals surface area (Å²) < 4.78 is 171. The van der Waals surface area contributed by atoms with Gasteiger partial charge in [-0.15, -0.1) is 0 Å². The summed E-state index contributed by atoms with van der Waals surface area (Å²) in [7, 11) is 28.3. The second kappa shape index (κ2) is 97.7. The van der Waals surface area contributed by atoms with Gasteiger partial charge in [0.15, 0.2) is 0 Å². The Balaban J connectivity index is -0.000000321. The van der Waals surface area contributed by atoms with Gasteiger partial charge < -0.3 is 112 Å². The number of hydrogen-bond donors (Lipinski definition) is 0. The molecule has 0 fully saturated rings. The van der Waals surface area contributed by atoms with Gasteiger partial charge in [-0.05, 0) is 273 Å². The fraction of sp³-hybridized carbons (Fsp3) is 0.941. The molecule has 46 heteroatoms. The first kappa shape index (κ1) is 160. The lowest BCUT2D eigenvalue weighted by atomic mass is 9.94. The summed E-state index contributed by atoms with van der Waals surface area (Å²) >= 11 is 0. The van der Waals surface area contributed by atoms with Crippen molar-refractivity contribution >= 4 is 98.2 Å². The summed E-state index contributed by atoms with van der Waals surface area (Å²) in [5.41, 5.74) is 0. The van der Waals surface area contributed by atoms with Crippen molar-refractivity contribution in [1.29, 1.82) is 0 Å². The van der Waals surface area contributed by atoms with E-state index >= 15 is 0 Å². The van der Waals surface area contributed by atoms with Crippen LogP contribution >= 0.6 is 51.2 Å². The fourth-order valence-corrected chi connectivity index (χ4v) is 23.6. The minimum absolute atomic E-state index is 0.145. The Morgan fingerprint density at radius 3 is 0.453 bits per heavy atom. The van der Waals surface area contributed by atoms with Gasteiger partial charge in [0.2, 0.25) is 39.3 Å². The number of hydrogen-bond acceptors (Lipinski definition) is 24. The Morgan fingerprint density at radius 2 is 0.351 bits per heavy atom. The average molecular weight is 2210 g/mol. The van der Waals surface area contributed by atoms with E-state index in [4.69, 9.17) is 169 Å². The molecule has 854 valence electrons. The van der Waals surface area contributed by atoms with Crippen LogP contribution in [0, 0.1) is 39.4 Å². The van der Waals surface area contributed by atoms with Crippen molar-refractivity contribution in [2.24, 2.45) is 0 Å². The molecule has 30 nitrogen and oxygen atoms in total. The van der Waals surface area contributed by atoms with Crippen molar-refractivity contribution in [2.45, 2.75) is 536 Å². The Morgan fingerprint density at radius 1 is 0.223 bits per heavy atom. The normalized spacial score (nSPS) is 16.9. The maximum absolute atomic E-state index is 13.5. The van der Waals surface area contributed by atoms with Gasteiger partial charge in [0.25, 0.3) is 51.2 Å². The highest BCUT2D eigenvalue weighted by Crippen LogP contribution is 2.53. The predicted molar refractivity (Wildman–Crippen MR) is 615 cm³/mol. The topological polar surface area (TPSA) is 212 Å². The number of alkyl halides is 4. The van der Waals surface area contributed by atoms with Crippen LogP contribution in [0.3, 0.4) is 0 Å². The van der Waals surface area contributed by atoms with E-state index in [-0.39, 0.29) is 123 Å². The highest BCUT2D eigenvalue weighted by atomic mass is 31.2. The molecule has 0 rings (SSSR count). The van der Waals surface area contributed by atoms with Gasteiger partial charge in [-0.25, -0.2) is 85.0 Å². The zero-order valence-electron chi connectivity index (χ0n) is 99.4. The molecule has 12 radical (unpaired) electrons. The van der Waals surface area contributed by atoms with E-state index in [2.05, 4.69) is 251 Å². The van der Waals surface area contributed by atoms with E-state index in [1.54, 1.807) is 27.7 Å². The third-order valence-corrected chi connectivity index (χ3v) is 34.5. The highest BCUT2D eigenvalue weighted by molar-refractivity contribution is 7.46. The fourth-order valence-electron chi connectivity index (χ4n) is 13.4. The number of nitrogens with zero attached hydrogens (tertiary/aromatic N) is 12. The summed E-state index contributed by atoms with van der Waals surface area (Å²) in [6, 6.07) is -1.21. The first-order valence-electron chi connectivity index (χ1n) is 53.6. The third-order valence-electron chi connectivity index (χ3n) is 21.2. The van der Waals surface area contributed by atoms with Gasteiger partial charge in [-0.2, -0.15) is 0 Å². The molecule has 24 atom stereocenters. The summed E-state index contributed by atoms with van der Waals surface area (Å²) in [4.78, 5) is 19.9. The SMILES string of the molecule is CC.[B]C(OC(CC)CC)[C@@H](C)OP(OCC[N+]#[C-])N(C(C)C)C(C)C.[B]C(OC(CC)CC)[C@H](C)OP(OCC[N+]#[C-])N(C(C)C)C(C)C.[B]C(O[C@H](CC)CF)[C@@H](C)OP(OCC[N+]#[C-])N(C(C)C)C(C)C.[B]C(O[C@H](CC)CF)[C@H](C)OP(OCC[N+]#[C-])N(C(C)C)C(C)C.[B]C(O[C@H](CC)[C@@H](C)F)[C@H](C)OP(OCC[N+]#[C-])N(C(C)C)C(C)C.[B]C(O[C@H](CC)[C@H](C)F)[C@@H](C)OP(OCC[N+]#[C-])N(C(C)C)C(C)C. The van der Waals surface area contributed by atoms with Crippen LogP contribution in [0.5, 0.6) is 0 Å². The zero-order chi connectivity index (χ0) is 116. The molecule has 0 amide bonds. The zero-order valence-corrected chi connectivity index (χ0v) is 105. The van der Waals surface area contributed by atoms with Crippen molar-refractivity contribution < 1.29 is 100 Å². The maximum atomic E-state index is 13.5. The molecule has 0 aromatic heterocycles. The van der Waals surface area contributed by atoms with Crippen molar-refractivity contribution in [1.82, 2.24) is 28.0 Å². The molecule has 0 aliphatic carbocycles. The summed E-state index contributed by atoms with van der Waals surface area (Å²) in [6.07, 6.45) is -0.568. The molecule has 0 aliphatic rings. The minimum atomic E-state index is -1.39. The Hall–Kier alpha value is -1.33. The van der Waals surface area contributed by atoms with Crippen LogP contribution in [0.2, 0.25) is 0 Å². The van der Waals surface area contributed by atoms with Crippen LogP contribution in [0.25, 0.3) is 29.1 Å². The van der Waals surface area contributed by atoms with E-state index in [1.807, 2.05) is 55.4 Å². The molecule has 0 saturated heterocycles. The number of halogens is 4. The van der Waals surface area contributed by atoms with Gasteiger partial charge in [-0.3, -0.25) is 0 Å². The summed E-state index contributed by atoms with van der Waals surface area (Å²) in [6.45, 7) is 128. The number of ether oxygens (including phenoxy) is 6. The summed E-state index contributed by atoms with van der Waals surface area (Å²) in [5.74, 6) is 0. The highest BCUT2D eigenvalue weighted by Gasteiger charge is 2.39. The van der Waals surface area contributed by atoms with Gasteiger partial charge in [0, 0.05) is 109 Å². The van der Waals surface area contributed by atoms with Gasteiger partial charge in [-0.1, -0.05) is 69.2 Å². The quantitative estimate of drug-likeness (QED) is 0.0182. The molecule has 12 unspecified atom stereocenters. The third kappa shape index (κ3) is 74.2. The molecule has 0 bridgehead atoms. The second-order valence-corrected chi connectivity index (χ2v) is 46.5. The lowest BCUT2D eigenvalue weighted by Crippen LogP contribution is -2.39. The van der Waals surface area contributed by atoms with Crippen LogP contribution < -0.4 is 0 Å². The molecular weight excluding hydrogens is 2010 g/mol. The predicted octanol–water partition coefficient (Wildman–Crippen LogP) is 26.3. The van der Waals surface area contributed by atoms with Crippen molar-refractivity contribution in [2.75, 3.05) is 92.3 Å². The molecule has 148 heavy (non-hydrogen) atoms. The molecule has 0 N–H and O–H groups in total. The van der Waals surface area contributed by atoms with Crippen LogP contribution in [-0.4, -0.2) is 361 Å². The monoisotopic (exact) mass is 2210 g/mol. The molecule has 0 spiro atoms. The molecule has 0 aromatic carbocycles. The molecule has 0 aliphatic heterocycles. The first-order valence-corrected chi connectivity index (χ1v) is 60.3. The summed E-state index contributed by atoms with van der Waals surface area (Å²) in [5, 5.41) is 0. The molecule has 0 saturated carbocycles. The van der Waals surface area contributed by atoms with Crippen LogP contribution in [-0.2, 0) is 82.7 Å². The smallest absolute Gasteiger partial charge is 0.259 e. The van der Waals surface area contributed by atoms with E-state index in [9.17, 15) is 17.6 Å². The van der Waals surface area contributed by atoms with Crippen molar-refractivity contribution in [3.63, 3.8) is 0 Å². The lowest BCUT2D eigenvalue weighted by Gasteiger charge is -2.38. The molecule has 0 aromatic rings. The van der Waals surface area contributed by atoms with Crippen LogP contribution in [0.15, 0.2) is 0 Å². The lowest BCUT2D eigenvalue weighted by molar-refractivity contribution is -0.0537. The van der Waals surface area contributed by atoms with E-state index in [0.29, 0.717) is 78.4 Å². The molecule has 0 heterocycles. The van der Waals surface area contributed by atoms with Gasteiger partial charge in [0.05, 0.1) is 73.2 Å². The Kier molecular flexibility index (Phi) is 105. The maximum Gasteiger partial charge on any atom is 0.259 e. The van der Waals surface area contributed by atoms with Crippen molar-refractivity contribution in [3.05, 3.63) is 68.5 Å². The minimum Gasteiger partial charge on any atom is -0.382 e. The van der Waals surface area contributed by atoms with Crippen LogP contribution in [0.1, 0.15) is 342 Å². The van der Waals surface area contributed by atoms with Gasteiger partial charge >= 0.3 is 0 Å². The molecular formula is C102H202B6F4N12O18P6. The Bertz CT molecular complexity index is 2940. The van der Waals surface area contributed by atoms with E-state index in [1.165, 1.54) is 13.8 Å². The standard InChI is InChI=1S/2C17H33BFN2O3P.2C17H34BN2O3P.2C16H31BFN2O3P.C2H6/c2*1-9-16(14(6)19)23-17(18)15(7)24-25(22-11-10-20-8)21(12(2)3)13(4)5;2*1-9-16(10-2)22-17(18)15(7)23-24(21-12-11-19-8)20(13(3)4)14(5)6;2*1-8-15(11-18)22-16(17)14(6)23-24(21-10-9-19-7)20(12(2)3)13(4)5;1-2/h2*12-17H,9-11H2,1-7H3;2*13-17H,9-12H2,1-7H3;2*12-16H,8-11H2,1-6H3;1-2H3/t14-,15+,16+,17?,25?;14-,15+,16-,17?,25?;2*15-,17?,24?;14-,15+,16?,24?;14-,15-,16?,24?;/m011001./s1.